The molecule has 0 saturated heterocycles. The normalized spacial score (nSPS) is 10.1. The topological polar surface area (TPSA) is 86.7 Å². The Morgan fingerprint density at radius 2 is 2.13 bits per heavy atom. The fourth-order valence-corrected chi connectivity index (χ4v) is 1.14. The lowest BCUT2D eigenvalue weighted by atomic mass is 10.4. The molecule has 0 aliphatic carbocycles. The molecule has 6 nitrogen and oxygen atoms in total. The molecule has 15 heavy (non-hydrogen) atoms. The van der Waals surface area contributed by atoms with Gasteiger partial charge in [0.2, 0.25) is 0 Å². The van der Waals surface area contributed by atoms with Crippen LogP contribution in [0.2, 0.25) is 0 Å². The number of amides is 1. The third-order valence-corrected chi connectivity index (χ3v) is 1.82. The zero-order valence-electron chi connectivity index (χ0n) is 7.87. The van der Waals surface area contributed by atoms with Gasteiger partial charge in [-0.2, -0.15) is 5.10 Å². The van der Waals surface area contributed by atoms with Crippen molar-refractivity contribution in [2.45, 2.75) is 6.54 Å². The quantitative estimate of drug-likeness (QED) is 0.749. The molecular weight excluding hydrogens is 194 g/mol. The summed E-state index contributed by atoms with van der Waals surface area (Å²) in [6.07, 6.45) is 4.97. The number of rotatable bonds is 3. The van der Waals surface area contributed by atoms with E-state index in [9.17, 15) is 4.79 Å². The molecule has 0 aliphatic heterocycles. The molecule has 2 N–H and O–H groups in total. The highest BCUT2D eigenvalue weighted by Gasteiger charge is 2.05. The third-order valence-electron chi connectivity index (χ3n) is 1.82. The molecule has 0 spiro atoms. The van der Waals surface area contributed by atoms with Gasteiger partial charge in [-0.05, 0) is 12.1 Å². The Hall–Kier alpha value is -2.24. The van der Waals surface area contributed by atoms with Crippen LogP contribution in [0.5, 0.6) is 0 Å². The van der Waals surface area contributed by atoms with E-state index in [4.69, 9.17) is 5.73 Å². The van der Waals surface area contributed by atoms with E-state index >= 15 is 0 Å². The zero-order valence-corrected chi connectivity index (χ0v) is 7.87. The van der Waals surface area contributed by atoms with Crippen molar-refractivity contribution in [1.82, 2.24) is 19.7 Å². The van der Waals surface area contributed by atoms with E-state index in [0.717, 1.165) is 0 Å². The second-order valence-corrected chi connectivity index (χ2v) is 2.93. The number of carbonyl (C=O) groups excluding carboxylic acids is 1. The summed E-state index contributed by atoms with van der Waals surface area (Å²) in [6.45, 7) is 0.425. The van der Waals surface area contributed by atoms with Gasteiger partial charge in [0.15, 0.2) is 0 Å². The summed E-state index contributed by atoms with van der Waals surface area (Å²) in [5.41, 5.74) is 5.32. The molecule has 0 unspecified atom stereocenters. The predicted octanol–water partition coefficient (Wildman–Crippen LogP) is -0.180. The molecule has 6 heteroatoms. The molecule has 1 amide bonds. The summed E-state index contributed by atoms with van der Waals surface area (Å²) in [5, 5.41) is 3.97. The first kappa shape index (κ1) is 9.32. The Bertz CT molecular complexity index is 464. The average molecular weight is 203 g/mol. The summed E-state index contributed by atoms with van der Waals surface area (Å²) in [5.74, 6) is 0.0966. The van der Waals surface area contributed by atoms with E-state index in [1.54, 1.807) is 35.4 Å². The van der Waals surface area contributed by atoms with Crippen molar-refractivity contribution in [1.29, 1.82) is 0 Å². The van der Waals surface area contributed by atoms with Crippen LogP contribution in [0.3, 0.4) is 0 Å². The largest absolute Gasteiger partial charge is 0.364 e. The number of primary amides is 1. The summed E-state index contributed by atoms with van der Waals surface area (Å²) in [4.78, 5) is 18.9. The van der Waals surface area contributed by atoms with E-state index < -0.39 is 5.91 Å². The lowest BCUT2D eigenvalue weighted by Crippen LogP contribution is -2.13. The molecular formula is C9H9N5O. The van der Waals surface area contributed by atoms with Crippen LogP contribution in [0.1, 0.15) is 16.3 Å². The van der Waals surface area contributed by atoms with Gasteiger partial charge in [0.1, 0.15) is 18.1 Å². The van der Waals surface area contributed by atoms with Gasteiger partial charge in [-0.1, -0.05) is 0 Å². The molecule has 0 saturated carbocycles. The summed E-state index contributed by atoms with van der Waals surface area (Å²) >= 11 is 0. The van der Waals surface area contributed by atoms with Crippen LogP contribution in [0.25, 0.3) is 0 Å². The Balaban J connectivity index is 2.15. The van der Waals surface area contributed by atoms with E-state index in [2.05, 4.69) is 15.1 Å². The Kier molecular flexibility index (Phi) is 2.40. The van der Waals surface area contributed by atoms with E-state index in [0.29, 0.717) is 12.4 Å². The van der Waals surface area contributed by atoms with Gasteiger partial charge >= 0.3 is 0 Å². The van der Waals surface area contributed by atoms with Crippen molar-refractivity contribution in [2.24, 2.45) is 5.73 Å². The number of carbonyl (C=O) groups is 1. The number of aromatic nitrogens is 4. The second kappa shape index (κ2) is 3.87. The molecule has 0 aromatic carbocycles. The van der Waals surface area contributed by atoms with Gasteiger partial charge in [0, 0.05) is 18.6 Å². The monoisotopic (exact) mass is 203 g/mol. The number of nitrogens with zero attached hydrogens (tertiary/aromatic N) is 4. The van der Waals surface area contributed by atoms with Crippen molar-refractivity contribution < 1.29 is 4.79 Å². The molecule has 2 heterocycles. The Morgan fingerprint density at radius 3 is 2.73 bits per heavy atom. The number of nitrogens with two attached hydrogens (primary N) is 1. The minimum absolute atomic E-state index is 0.242. The third kappa shape index (κ3) is 2.16. The number of hydrogen-bond acceptors (Lipinski definition) is 4. The molecule has 0 atom stereocenters. The van der Waals surface area contributed by atoms with Crippen LogP contribution in [0.15, 0.2) is 30.7 Å². The van der Waals surface area contributed by atoms with E-state index in [-0.39, 0.29) is 5.69 Å². The first-order valence-electron chi connectivity index (χ1n) is 4.35. The van der Waals surface area contributed by atoms with Gasteiger partial charge in [0.25, 0.3) is 5.91 Å². The van der Waals surface area contributed by atoms with Gasteiger partial charge in [-0.15, -0.1) is 0 Å². The predicted molar refractivity (Wildman–Crippen MR) is 51.9 cm³/mol. The highest BCUT2D eigenvalue weighted by Crippen LogP contribution is 1.97. The van der Waals surface area contributed by atoms with Crippen LogP contribution < -0.4 is 5.73 Å². The van der Waals surface area contributed by atoms with Crippen molar-refractivity contribution in [2.75, 3.05) is 0 Å². The molecule has 2 aromatic heterocycles. The molecule has 2 aromatic rings. The van der Waals surface area contributed by atoms with Crippen molar-refractivity contribution in [3.8, 4) is 0 Å². The summed E-state index contributed by atoms with van der Waals surface area (Å²) in [6, 6.07) is 3.30. The Labute approximate surface area is 85.8 Å². The molecule has 2 rings (SSSR count). The van der Waals surface area contributed by atoms with Crippen LogP contribution in [-0.4, -0.2) is 25.7 Å². The van der Waals surface area contributed by atoms with Crippen molar-refractivity contribution >= 4 is 5.91 Å². The number of hydrogen-bond donors (Lipinski definition) is 1. The first-order chi connectivity index (χ1) is 7.25. The first-order valence-corrected chi connectivity index (χ1v) is 4.35. The van der Waals surface area contributed by atoms with Gasteiger partial charge in [-0.3, -0.25) is 9.48 Å². The highest BCUT2D eigenvalue weighted by molar-refractivity contribution is 5.90. The minimum Gasteiger partial charge on any atom is -0.364 e. The zero-order chi connectivity index (χ0) is 10.7. The molecule has 0 fully saturated rings. The van der Waals surface area contributed by atoms with Crippen molar-refractivity contribution in [3.05, 3.63) is 42.2 Å². The van der Waals surface area contributed by atoms with Crippen LogP contribution in [-0.2, 0) is 6.54 Å². The van der Waals surface area contributed by atoms with Crippen molar-refractivity contribution in [3.63, 3.8) is 0 Å². The Morgan fingerprint density at radius 1 is 1.40 bits per heavy atom. The highest BCUT2D eigenvalue weighted by atomic mass is 16.1. The average Bonchev–Trinajstić information content (AvgIpc) is 2.68. The van der Waals surface area contributed by atoms with Gasteiger partial charge < -0.3 is 5.73 Å². The fourth-order valence-electron chi connectivity index (χ4n) is 1.14. The maximum atomic E-state index is 10.8. The maximum Gasteiger partial charge on any atom is 0.269 e. The standard InChI is InChI=1S/C9H9N5O/c10-9(15)7-2-5-14(13-7)6-8-11-3-1-4-12-8/h1-5H,6H2,(H2,10,15). The smallest absolute Gasteiger partial charge is 0.269 e. The lowest BCUT2D eigenvalue weighted by molar-refractivity contribution is 0.0995. The molecule has 0 radical (unpaired) electrons. The molecule has 0 aliphatic rings. The minimum atomic E-state index is -0.539. The fraction of sp³-hybridized carbons (Fsp3) is 0.111. The van der Waals surface area contributed by atoms with E-state index in [1.807, 2.05) is 0 Å². The molecule has 76 valence electrons. The SMILES string of the molecule is NC(=O)c1ccn(Cc2ncccn2)n1. The maximum absolute atomic E-state index is 10.8. The summed E-state index contributed by atoms with van der Waals surface area (Å²) in [7, 11) is 0. The van der Waals surface area contributed by atoms with E-state index in [1.165, 1.54) is 0 Å². The molecule has 0 bridgehead atoms. The van der Waals surface area contributed by atoms with Crippen LogP contribution in [0, 0.1) is 0 Å². The van der Waals surface area contributed by atoms with Crippen LogP contribution in [0.4, 0.5) is 0 Å². The van der Waals surface area contributed by atoms with Crippen LogP contribution >= 0.6 is 0 Å². The second-order valence-electron chi connectivity index (χ2n) is 2.93. The van der Waals surface area contributed by atoms with Gasteiger partial charge in [0.05, 0.1) is 0 Å². The lowest BCUT2D eigenvalue weighted by Gasteiger charge is -1.98. The summed E-state index contributed by atoms with van der Waals surface area (Å²) < 4.78 is 1.56. The van der Waals surface area contributed by atoms with Gasteiger partial charge in [-0.25, -0.2) is 9.97 Å².